The molecule has 1 aromatic carbocycles. The Labute approximate surface area is 144 Å². The lowest BCUT2D eigenvalue weighted by Gasteiger charge is -2.09. The van der Waals surface area contributed by atoms with Crippen molar-refractivity contribution in [1.29, 1.82) is 0 Å². The standard InChI is InChI=1S/C17H19ClN4O2/c1-5-9(2)16-19-10(3)14-17(23)20-15(21-22(14)16)11-6-7-13(24-4)12(18)8-11/h6-9H,5H2,1-4H3,(H,20,21,23). The Kier molecular flexibility index (Phi) is 4.32. The molecule has 0 saturated heterocycles. The maximum Gasteiger partial charge on any atom is 0.277 e. The van der Waals surface area contributed by atoms with Crippen LogP contribution in [0, 0.1) is 6.92 Å². The van der Waals surface area contributed by atoms with Gasteiger partial charge < -0.3 is 9.72 Å². The van der Waals surface area contributed by atoms with Gasteiger partial charge in [-0.2, -0.15) is 0 Å². The van der Waals surface area contributed by atoms with Gasteiger partial charge in [0.2, 0.25) is 0 Å². The van der Waals surface area contributed by atoms with Gasteiger partial charge in [-0.25, -0.2) is 9.50 Å². The van der Waals surface area contributed by atoms with Gasteiger partial charge in [-0.3, -0.25) is 4.79 Å². The van der Waals surface area contributed by atoms with Crippen LogP contribution in [0.25, 0.3) is 16.9 Å². The number of aromatic amines is 1. The van der Waals surface area contributed by atoms with Crippen molar-refractivity contribution < 1.29 is 4.74 Å². The van der Waals surface area contributed by atoms with Crippen molar-refractivity contribution >= 4 is 17.1 Å². The van der Waals surface area contributed by atoms with E-state index in [1.807, 2.05) is 13.0 Å². The zero-order chi connectivity index (χ0) is 17.4. The molecule has 0 aliphatic heterocycles. The summed E-state index contributed by atoms with van der Waals surface area (Å²) in [6.07, 6.45) is 0.913. The lowest BCUT2D eigenvalue weighted by Crippen LogP contribution is -2.16. The van der Waals surface area contributed by atoms with Crippen molar-refractivity contribution in [2.75, 3.05) is 7.11 Å². The van der Waals surface area contributed by atoms with E-state index in [4.69, 9.17) is 16.3 Å². The summed E-state index contributed by atoms with van der Waals surface area (Å²) in [5, 5.41) is 5.05. The van der Waals surface area contributed by atoms with E-state index in [2.05, 4.69) is 28.9 Å². The molecule has 0 spiro atoms. The Morgan fingerprint density at radius 2 is 2.17 bits per heavy atom. The summed E-state index contributed by atoms with van der Waals surface area (Å²) >= 11 is 6.18. The summed E-state index contributed by atoms with van der Waals surface area (Å²) in [6.45, 7) is 5.97. The van der Waals surface area contributed by atoms with Gasteiger partial charge in [0.05, 0.1) is 17.8 Å². The fourth-order valence-corrected chi connectivity index (χ4v) is 2.90. The topological polar surface area (TPSA) is 72.3 Å². The lowest BCUT2D eigenvalue weighted by atomic mass is 10.1. The first-order valence-electron chi connectivity index (χ1n) is 7.79. The molecule has 1 unspecified atom stereocenters. The summed E-state index contributed by atoms with van der Waals surface area (Å²) in [4.78, 5) is 19.9. The van der Waals surface area contributed by atoms with Crippen molar-refractivity contribution in [2.24, 2.45) is 0 Å². The average molecular weight is 347 g/mol. The molecular formula is C17H19ClN4O2. The third kappa shape index (κ3) is 2.67. The van der Waals surface area contributed by atoms with E-state index in [-0.39, 0.29) is 11.5 Å². The van der Waals surface area contributed by atoms with Crippen LogP contribution in [0.4, 0.5) is 0 Å². The van der Waals surface area contributed by atoms with Crippen molar-refractivity contribution in [3.8, 4) is 17.1 Å². The number of imidazole rings is 1. The first-order valence-corrected chi connectivity index (χ1v) is 8.17. The Morgan fingerprint density at radius 1 is 1.42 bits per heavy atom. The van der Waals surface area contributed by atoms with Crippen LogP contribution in [-0.4, -0.2) is 26.7 Å². The number of halogens is 1. The number of H-pyrrole nitrogens is 1. The third-order valence-electron chi connectivity index (χ3n) is 4.18. The van der Waals surface area contributed by atoms with Crippen molar-refractivity contribution in [1.82, 2.24) is 19.6 Å². The second-order valence-corrected chi connectivity index (χ2v) is 6.18. The zero-order valence-corrected chi connectivity index (χ0v) is 14.8. The molecule has 0 aliphatic carbocycles. The highest BCUT2D eigenvalue weighted by Gasteiger charge is 2.18. The van der Waals surface area contributed by atoms with Gasteiger partial charge in [0.1, 0.15) is 11.6 Å². The minimum absolute atomic E-state index is 0.202. The van der Waals surface area contributed by atoms with Gasteiger partial charge in [0.25, 0.3) is 5.56 Å². The summed E-state index contributed by atoms with van der Waals surface area (Å²) in [6, 6.07) is 5.27. The number of nitrogens with one attached hydrogen (secondary N) is 1. The van der Waals surface area contributed by atoms with Crippen molar-refractivity contribution in [3.05, 3.63) is 45.1 Å². The summed E-state index contributed by atoms with van der Waals surface area (Å²) in [5.74, 6) is 2.01. The van der Waals surface area contributed by atoms with Crippen molar-refractivity contribution in [3.63, 3.8) is 0 Å². The molecule has 0 bridgehead atoms. The molecular weight excluding hydrogens is 328 g/mol. The monoisotopic (exact) mass is 346 g/mol. The van der Waals surface area contributed by atoms with Crippen molar-refractivity contribution in [2.45, 2.75) is 33.1 Å². The number of hydrogen-bond donors (Lipinski definition) is 1. The highest BCUT2D eigenvalue weighted by atomic mass is 35.5. The number of rotatable bonds is 4. The van der Waals surface area contributed by atoms with E-state index in [1.165, 1.54) is 0 Å². The van der Waals surface area contributed by atoms with Gasteiger partial charge in [0, 0.05) is 11.5 Å². The number of hydrogen-bond acceptors (Lipinski definition) is 4. The Hall–Kier alpha value is -2.34. The maximum atomic E-state index is 12.5. The number of fused-ring (bicyclic) bond motifs is 1. The van der Waals surface area contributed by atoms with Gasteiger partial charge in [-0.15, -0.1) is 5.10 Å². The van der Waals surface area contributed by atoms with Crippen LogP contribution in [0.1, 0.15) is 37.7 Å². The molecule has 0 amide bonds. The van der Waals surface area contributed by atoms with E-state index in [1.54, 1.807) is 23.8 Å². The summed E-state index contributed by atoms with van der Waals surface area (Å²) in [5.41, 5.74) is 1.65. The molecule has 2 heterocycles. The first-order chi connectivity index (χ1) is 11.5. The molecule has 3 rings (SSSR count). The molecule has 24 heavy (non-hydrogen) atoms. The normalized spacial score (nSPS) is 12.5. The first kappa shape index (κ1) is 16.5. The molecule has 1 atom stereocenters. The van der Waals surface area contributed by atoms with E-state index in [0.717, 1.165) is 12.2 Å². The largest absolute Gasteiger partial charge is 0.495 e. The number of aromatic nitrogens is 4. The van der Waals surface area contributed by atoms with Gasteiger partial charge in [0.15, 0.2) is 11.3 Å². The average Bonchev–Trinajstić information content (AvgIpc) is 2.91. The number of methoxy groups -OCH3 is 1. The Balaban J connectivity index is 2.23. The molecule has 0 radical (unpaired) electrons. The quantitative estimate of drug-likeness (QED) is 0.783. The number of nitrogens with zero attached hydrogens (tertiary/aromatic N) is 3. The molecule has 126 valence electrons. The molecule has 0 aliphatic rings. The highest BCUT2D eigenvalue weighted by Crippen LogP contribution is 2.28. The molecule has 1 N–H and O–H groups in total. The number of benzene rings is 1. The molecule has 7 heteroatoms. The highest BCUT2D eigenvalue weighted by molar-refractivity contribution is 6.32. The summed E-state index contributed by atoms with van der Waals surface area (Å²) in [7, 11) is 1.56. The van der Waals surface area contributed by atoms with Gasteiger partial charge in [-0.05, 0) is 31.5 Å². The third-order valence-corrected chi connectivity index (χ3v) is 4.47. The fraction of sp³-hybridized carbons (Fsp3) is 0.353. The molecule has 3 aromatic rings. The lowest BCUT2D eigenvalue weighted by molar-refractivity contribution is 0.415. The summed E-state index contributed by atoms with van der Waals surface area (Å²) < 4.78 is 6.81. The van der Waals surface area contributed by atoms with Crippen LogP contribution in [0.2, 0.25) is 5.02 Å². The minimum Gasteiger partial charge on any atom is -0.495 e. The predicted octanol–water partition coefficient (Wildman–Crippen LogP) is 3.57. The van der Waals surface area contributed by atoms with Crippen LogP contribution in [-0.2, 0) is 0 Å². The number of aryl methyl sites for hydroxylation is 1. The minimum atomic E-state index is -0.216. The molecule has 2 aromatic heterocycles. The predicted molar refractivity (Wildman–Crippen MR) is 94.0 cm³/mol. The van der Waals surface area contributed by atoms with Gasteiger partial charge >= 0.3 is 0 Å². The van der Waals surface area contributed by atoms with Crippen LogP contribution in [0.15, 0.2) is 23.0 Å². The van der Waals surface area contributed by atoms with E-state index in [9.17, 15) is 4.79 Å². The molecule has 0 saturated carbocycles. The molecule has 0 fully saturated rings. The smallest absolute Gasteiger partial charge is 0.277 e. The van der Waals surface area contributed by atoms with Crippen LogP contribution in [0.3, 0.4) is 0 Å². The van der Waals surface area contributed by atoms with Crippen LogP contribution in [0.5, 0.6) is 5.75 Å². The zero-order valence-electron chi connectivity index (χ0n) is 14.1. The SMILES string of the molecule is CCC(C)c1nc(C)c2c(=O)[nH]c(-c3ccc(OC)c(Cl)c3)nn12. The van der Waals surface area contributed by atoms with E-state index in [0.29, 0.717) is 33.4 Å². The van der Waals surface area contributed by atoms with E-state index < -0.39 is 0 Å². The van der Waals surface area contributed by atoms with Crippen LogP contribution < -0.4 is 10.3 Å². The second-order valence-electron chi connectivity index (χ2n) is 5.78. The number of ether oxygens (including phenoxy) is 1. The molecule has 6 nitrogen and oxygen atoms in total. The van der Waals surface area contributed by atoms with Gasteiger partial charge in [-0.1, -0.05) is 25.4 Å². The maximum absolute atomic E-state index is 12.5. The fourth-order valence-electron chi connectivity index (χ4n) is 2.64. The Bertz CT molecular complexity index is 961. The van der Waals surface area contributed by atoms with E-state index >= 15 is 0 Å². The second kappa shape index (κ2) is 6.28. The Morgan fingerprint density at radius 3 is 2.79 bits per heavy atom. The van der Waals surface area contributed by atoms with Crippen LogP contribution >= 0.6 is 11.6 Å².